The minimum absolute atomic E-state index is 0.0627. The summed E-state index contributed by atoms with van der Waals surface area (Å²) >= 11 is 0. The molecule has 0 aliphatic rings. The number of nitrogens with two attached hydrogens (primary N) is 1. The molecule has 4 nitrogen and oxygen atoms in total. The average molecular weight is 332 g/mol. The predicted molar refractivity (Wildman–Crippen MR) is 82.3 cm³/mol. The third kappa shape index (κ3) is 4.37. The Morgan fingerprint density at radius 3 is 2.39 bits per heavy atom. The average Bonchev–Trinajstić information content (AvgIpc) is 2.44. The second-order valence-electron chi connectivity index (χ2n) is 5.89. The SMILES string of the molecule is COc1cc(C)cc(CCNC(=O)C(N)(C(C)C)C(F)(F)F)c1. The molecule has 0 bridgehead atoms. The number of alkyl halides is 3. The van der Waals surface area contributed by atoms with Crippen molar-refractivity contribution in [1.82, 2.24) is 5.32 Å². The highest BCUT2D eigenvalue weighted by atomic mass is 19.4. The van der Waals surface area contributed by atoms with Gasteiger partial charge in [-0.2, -0.15) is 13.2 Å². The van der Waals surface area contributed by atoms with Crippen LogP contribution in [0.5, 0.6) is 5.75 Å². The van der Waals surface area contributed by atoms with Crippen molar-refractivity contribution in [2.75, 3.05) is 13.7 Å². The topological polar surface area (TPSA) is 64.3 Å². The van der Waals surface area contributed by atoms with E-state index in [-0.39, 0.29) is 6.54 Å². The van der Waals surface area contributed by atoms with Crippen LogP contribution >= 0.6 is 0 Å². The van der Waals surface area contributed by atoms with E-state index in [4.69, 9.17) is 10.5 Å². The molecule has 0 radical (unpaired) electrons. The molecule has 1 amide bonds. The molecule has 1 atom stereocenters. The molecule has 0 saturated carbocycles. The third-order valence-electron chi connectivity index (χ3n) is 3.80. The summed E-state index contributed by atoms with van der Waals surface area (Å²) in [5, 5.41) is 2.29. The standard InChI is InChI=1S/C16H23F3N2O2/c1-10(2)15(20,16(17,18)19)14(22)21-6-5-12-7-11(3)8-13(9-12)23-4/h7-10H,5-6,20H2,1-4H3,(H,21,22). The summed E-state index contributed by atoms with van der Waals surface area (Å²) in [6, 6.07) is 5.51. The van der Waals surface area contributed by atoms with Crippen molar-refractivity contribution in [1.29, 1.82) is 0 Å². The van der Waals surface area contributed by atoms with Gasteiger partial charge in [0, 0.05) is 6.54 Å². The van der Waals surface area contributed by atoms with Crippen LogP contribution in [0.15, 0.2) is 18.2 Å². The normalized spacial score (nSPS) is 14.5. The fourth-order valence-corrected chi connectivity index (χ4v) is 2.27. The van der Waals surface area contributed by atoms with E-state index in [1.165, 1.54) is 21.0 Å². The number of rotatable bonds is 6. The summed E-state index contributed by atoms with van der Waals surface area (Å²) in [7, 11) is 1.54. The van der Waals surface area contributed by atoms with Crippen LogP contribution in [0.2, 0.25) is 0 Å². The van der Waals surface area contributed by atoms with Gasteiger partial charge in [-0.05, 0) is 42.5 Å². The molecule has 1 aromatic rings. The Kier molecular flexibility index (Phi) is 6.04. The lowest BCUT2D eigenvalue weighted by atomic mass is 9.85. The first-order valence-corrected chi connectivity index (χ1v) is 7.30. The molecule has 1 aromatic carbocycles. The van der Waals surface area contributed by atoms with Crippen molar-refractivity contribution < 1.29 is 22.7 Å². The van der Waals surface area contributed by atoms with E-state index in [0.29, 0.717) is 12.2 Å². The zero-order valence-electron chi connectivity index (χ0n) is 13.8. The number of benzene rings is 1. The molecule has 0 saturated heterocycles. The summed E-state index contributed by atoms with van der Waals surface area (Å²) in [6.45, 7) is 4.50. The van der Waals surface area contributed by atoms with E-state index in [2.05, 4.69) is 5.32 Å². The number of halogens is 3. The minimum atomic E-state index is -4.81. The van der Waals surface area contributed by atoms with E-state index in [9.17, 15) is 18.0 Å². The van der Waals surface area contributed by atoms with Crippen LogP contribution in [-0.2, 0) is 11.2 Å². The van der Waals surface area contributed by atoms with Crippen LogP contribution in [0.4, 0.5) is 13.2 Å². The number of amides is 1. The van der Waals surface area contributed by atoms with Crippen LogP contribution in [0.1, 0.15) is 25.0 Å². The molecule has 0 heterocycles. The van der Waals surface area contributed by atoms with Crippen molar-refractivity contribution in [3.05, 3.63) is 29.3 Å². The molecule has 0 fully saturated rings. The lowest BCUT2D eigenvalue weighted by molar-refractivity contribution is -0.200. The van der Waals surface area contributed by atoms with Gasteiger partial charge in [-0.1, -0.05) is 19.9 Å². The van der Waals surface area contributed by atoms with Gasteiger partial charge >= 0.3 is 6.18 Å². The Morgan fingerprint density at radius 1 is 1.30 bits per heavy atom. The van der Waals surface area contributed by atoms with E-state index >= 15 is 0 Å². The predicted octanol–water partition coefficient (Wildman–Crippen LogP) is 2.58. The van der Waals surface area contributed by atoms with Crippen LogP contribution in [0.3, 0.4) is 0 Å². The third-order valence-corrected chi connectivity index (χ3v) is 3.80. The number of carbonyl (C=O) groups is 1. The van der Waals surface area contributed by atoms with Gasteiger partial charge in [0.2, 0.25) is 5.91 Å². The van der Waals surface area contributed by atoms with Crippen LogP contribution in [-0.4, -0.2) is 31.3 Å². The fourth-order valence-electron chi connectivity index (χ4n) is 2.27. The number of nitrogens with one attached hydrogen (secondary N) is 1. The minimum Gasteiger partial charge on any atom is -0.497 e. The van der Waals surface area contributed by atoms with Crippen LogP contribution < -0.4 is 15.8 Å². The highest BCUT2D eigenvalue weighted by Gasteiger charge is 2.59. The second-order valence-corrected chi connectivity index (χ2v) is 5.89. The summed E-state index contributed by atoms with van der Waals surface area (Å²) in [6.07, 6.45) is -4.42. The van der Waals surface area contributed by atoms with E-state index in [1.54, 1.807) is 6.07 Å². The van der Waals surface area contributed by atoms with Gasteiger partial charge in [0.05, 0.1) is 7.11 Å². The largest absolute Gasteiger partial charge is 0.497 e. The van der Waals surface area contributed by atoms with Gasteiger partial charge in [-0.15, -0.1) is 0 Å². The van der Waals surface area contributed by atoms with Crippen molar-refractivity contribution >= 4 is 5.91 Å². The molecule has 1 unspecified atom stereocenters. The van der Waals surface area contributed by atoms with Crippen molar-refractivity contribution in [2.45, 2.75) is 38.9 Å². The highest BCUT2D eigenvalue weighted by Crippen LogP contribution is 2.34. The Hall–Kier alpha value is -1.76. The van der Waals surface area contributed by atoms with Gasteiger partial charge in [0.25, 0.3) is 0 Å². The highest BCUT2D eigenvalue weighted by molar-refractivity contribution is 5.87. The number of aryl methyl sites for hydroxylation is 1. The molecule has 0 aliphatic heterocycles. The van der Waals surface area contributed by atoms with Crippen molar-refractivity contribution in [2.24, 2.45) is 11.7 Å². The Balaban J connectivity index is 2.75. The quantitative estimate of drug-likeness (QED) is 0.841. The number of hydrogen-bond donors (Lipinski definition) is 2. The maximum absolute atomic E-state index is 13.1. The lowest BCUT2D eigenvalue weighted by Crippen LogP contribution is -2.66. The molecule has 1 rings (SSSR count). The summed E-state index contributed by atoms with van der Waals surface area (Å²) in [4.78, 5) is 12.0. The first kappa shape index (κ1) is 19.3. The number of carbonyl (C=O) groups excluding carboxylic acids is 1. The van der Waals surface area contributed by atoms with Gasteiger partial charge in [0.15, 0.2) is 5.54 Å². The first-order valence-electron chi connectivity index (χ1n) is 7.30. The van der Waals surface area contributed by atoms with Gasteiger partial charge < -0.3 is 15.8 Å². The monoisotopic (exact) mass is 332 g/mol. The summed E-state index contributed by atoms with van der Waals surface area (Å²) in [5.41, 5.74) is 4.29. The first-order chi connectivity index (χ1) is 10.5. The van der Waals surface area contributed by atoms with Crippen molar-refractivity contribution in [3.63, 3.8) is 0 Å². The molecule has 23 heavy (non-hydrogen) atoms. The maximum Gasteiger partial charge on any atom is 0.415 e. The molecular formula is C16H23F3N2O2. The molecule has 130 valence electrons. The maximum atomic E-state index is 13.1. The smallest absolute Gasteiger partial charge is 0.415 e. The van der Waals surface area contributed by atoms with Crippen LogP contribution in [0, 0.1) is 12.8 Å². The Morgan fingerprint density at radius 2 is 1.91 bits per heavy atom. The lowest BCUT2D eigenvalue weighted by Gasteiger charge is -2.33. The number of methoxy groups -OCH3 is 1. The van der Waals surface area contributed by atoms with Gasteiger partial charge in [-0.25, -0.2) is 0 Å². The van der Waals surface area contributed by atoms with Crippen molar-refractivity contribution in [3.8, 4) is 5.75 Å². The zero-order chi connectivity index (χ0) is 17.8. The molecule has 0 aliphatic carbocycles. The molecule has 0 aromatic heterocycles. The second kappa shape index (κ2) is 7.21. The van der Waals surface area contributed by atoms with E-state index < -0.39 is 23.5 Å². The Bertz CT molecular complexity index is 559. The molecule has 7 heteroatoms. The molecule has 0 spiro atoms. The van der Waals surface area contributed by atoms with E-state index in [0.717, 1.165) is 11.1 Å². The number of hydrogen-bond acceptors (Lipinski definition) is 3. The van der Waals surface area contributed by atoms with Gasteiger partial charge in [0.1, 0.15) is 5.75 Å². The number of ether oxygens (including phenoxy) is 1. The Labute approximate surface area is 134 Å². The summed E-state index contributed by atoms with van der Waals surface area (Å²) in [5.74, 6) is -1.61. The molecule has 3 N–H and O–H groups in total. The summed E-state index contributed by atoms with van der Waals surface area (Å²) < 4.78 is 44.5. The molecular weight excluding hydrogens is 309 g/mol. The zero-order valence-corrected chi connectivity index (χ0v) is 13.8. The van der Waals surface area contributed by atoms with Crippen LogP contribution in [0.25, 0.3) is 0 Å². The fraction of sp³-hybridized carbons (Fsp3) is 0.562. The van der Waals surface area contributed by atoms with E-state index in [1.807, 2.05) is 19.1 Å². The van der Waals surface area contributed by atoms with Gasteiger partial charge in [-0.3, -0.25) is 4.79 Å².